The highest BCUT2D eigenvalue weighted by Gasteiger charge is 2.46. The van der Waals surface area contributed by atoms with Crippen molar-refractivity contribution in [3.8, 4) is 6.07 Å². The number of nitriles is 1. The van der Waals surface area contributed by atoms with Gasteiger partial charge in [0.2, 0.25) is 5.95 Å². The third kappa shape index (κ3) is 2.87. The van der Waals surface area contributed by atoms with E-state index in [2.05, 4.69) is 54.8 Å². The van der Waals surface area contributed by atoms with Crippen LogP contribution in [-0.2, 0) is 12.0 Å². The first-order valence-electron chi connectivity index (χ1n) is 9.48. The van der Waals surface area contributed by atoms with Crippen LogP contribution in [0.15, 0.2) is 43.1 Å². The minimum atomic E-state index is -0.313. The summed E-state index contributed by atoms with van der Waals surface area (Å²) >= 11 is 0. The van der Waals surface area contributed by atoms with Crippen molar-refractivity contribution < 1.29 is 0 Å². The largest absolute Gasteiger partial charge is 0.363 e. The summed E-state index contributed by atoms with van der Waals surface area (Å²) in [7, 11) is 0. The predicted molar refractivity (Wildman–Crippen MR) is 107 cm³/mol. The lowest BCUT2D eigenvalue weighted by atomic mass is 9.86. The van der Waals surface area contributed by atoms with Crippen molar-refractivity contribution in [2.75, 3.05) is 23.3 Å². The third-order valence-corrected chi connectivity index (χ3v) is 5.35. The maximum atomic E-state index is 9.39. The van der Waals surface area contributed by atoms with E-state index in [0.717, 1.165) is 23.4 Å². The van der Waals surface area contributed by atoms with Crippen LogP contribution in [0.1, 0.15) is 18.9 Å². The zero-order chi connectivity index (χ0) is 19.8. The molecule has 1 aliphatic rings. The number of hydrogen-bond donors (Lipinski definition) is 2. The van der Waals surface area contributed by atoms with Crippen molar-refractivity contribution in [2.24, 2.45) is 0 Å². The molecule has 10 nitrogen and oxygen atoms in total. The molecule has 10 heteroatoms. The second-order valence-electron chi connectivity index (χ2n) is 7.27. The fourth-order valence-corrected chi connectivity index (χ4v) is 3.76. The Bertz CT molecular complexity index is 1170. The average Bonchev–Trinajstić information content (AvgIpc) is 3.44. The fourth-order valence-electron chi connectivity index (χ4n) is 3.76. The van der Waals surface area contributed by atoms with Gasteiger partial charge >= 0.3 is 0 Å². The number of anilines is 3. The molecule has 5 rings (SSSR count). The van der Waals surface area contributed by atoms with Crippen molar-refractivity contribution >= 4 is 23.0 Å². The summed E-state index contributed by atoms with van der Waals surface area (Å²) in [4.78, 5) is 6.86. The normalized spacial score (nSPS) is 15.2. The molecule has 0 saturated carbocycles. The van der Waals surface area contributed by atoms with Gasteiger partial charge in [0.1, 0.15) is 5.54 Å². The monoisotopic (exact) mass is 388 g/mol. The van der Waals surface area contributed by atoms with Gasteiger partial charge in [-0.15, -0.1) is 5.10 Å². The number of aromatic nitrogens is 7. The molecule has 0 atom stereocenters. The quantitative estimate of drug-likeness (QED) is 0.519. The standard InChI is InChI=1S/C19H20N10/c1-2-14-8-23-29(11-14)19(5-6-20)12-27(13-19)16-4-3-7-28-17(16)25-18(26-28)24-15-9-21-22-10-15/h3-4,7-11H,2,5,12-13H2,1H3,(H,21,22)(H,24,26). The number of aryl methyl sites for hydroxylation is 1. The van der Waals surface area contributed by atoms with Crippen LogP contribution < -0.4 is 10.2 Å². The lowest BCUT2D eigenvalue weighted by Gasteiger charge is -2.50. The van der Waals surface area contributed by atoms with Crippen molar-refractivity contribution in [3.05, 3.63) is 48.7 Å². The molecule has 4 aromatic heterocycles. The molecule has 5 heterocycles. The van der Waals surface area contributed by atoms with Gasteiger partial charge in [0.15, 0.2) is 5.65 Å². The topological polar surface area (TPSA) is 116 Å². The Morgan fingerprint density at radius 2 is 2.24 bits per heavy atom. The lowest BCUT2D eigenvalue weighted by molar-refractivity contribution is 0.198. The molecule has 0 spiro atoms. The van der Waals surface area contributed by atoms with Crippen LogP contribution in [0.4, 0.5) is 17.3 Å². The predicted octanol–water partition coefficient (Wildman–Crippen LogP) is 2.08. The summed E-state index contributed by atoms with van der Waals surface area (Å²) in [5, 5.41) is 28.2. The molecule has 146 valence electrons. The smallest absolute Gasteiger partial charge is 0.247 e. The number of pyridine rings is 1. The molecule has 0 unspecified atom stereocenters. The molecule has 4 aromatic rings. The summed E-state index contributed by atoms with van der Waals surface area (Å²) < 4.78 is 3.71. The molecule has 1 saturated heterocycles. The van der Waals surface area contributed by atoms with E-state index >= 15 is 0 Å². The van der Waals surface area contributed by atoms with Gasteiger partial charge in [-0.25, -0.2) is 4.52 Å². The van der Waals surface area contributed by atoms with Gasteiger partial charge in [0, 0.05) is 31.7 Å². The Morgan fingerprint density at radius 3 is 2.97 bits per heavy atom. The SMILES string of the molecule is CCc1cnn(C2(CC#N)CN(c3cccn4nc(Nc5cn[nH]c5)nc34)C2)c1. The van der Waals surface area contributed by atoms with Gasteiger partial charge in [0.25, 0.3) is 0 Å². The number of aromatic amines is 1. The van der Waals surface area contributed by atoms with Crippen LogP contribution in [-0.4, -0.2) is 47.7 Å². The van der Waals surface area contributed by atoms with Gasteiger partial charge < -0.3 is 10.2 Å². The number of rotatable bonds is 6. The molecule has 0 bridgehead atoms. The van der Waals surface area contributed by atoms with E-state index < -0.39 is 0 Å². The molecule has 29 heavy (non-hydrogen) atoms. The zero-order valence-corrected chi connectivity index (χ0v) is 15.9. The lowest BCUT2D eigenvalue weighted by Crippen LogP contribution is -2.63. The minimum Gasteiger partial charge on any atom is -0.363 e. The highest BCUT2D eigenvalue weighted by atomic mass is 15.4. The third-order valence-electron chi connectivity index (χ3n) is 5.35. The van der Waals surface area contributed by atoms with Gasteiger partial charge in [-0.3, -0.25) is 9.78 Å². The van der Waals surface area contributed by atoms with Gasteiger partial charge in [0.05, 0.1) is 36.3 Å². The van der Waals surface area contributed by atoms with Gasteiger partial charge in [-0.05, 0) is 24.1 Å². The summed E-state index contributed by atoms with van der Waals surface area (Å²) in [6.07, 6.45) is 10.6. The minimum absolute atomic E-state index is 0.313. The second kappa shape index (κ2) is 6.63. The number of hydrogen-bond acceptors (Lipinski definition) is 7. The van der Waals surface area contributed by atoms with E-state index in [0.29, 0.717) is 25.5 Å². The Balaban J connectivity index is 1.43. The number of fused-ring (bicyclic) bond motifs is 1. The average molecular weight is 388 g/mol. The van der Waals surface area contributed by atoms with E-state index in [1.807, 2.05) is 29.2 Å². The molecule has 1 aliphatic heterocycles. The van der Waals surface area contributed by atoms with Crippen molar-refractivity contribution in [1.82, 2.24) is 34.6 Å². The molecular weight excluding hydrogens is 368 g/mol. The molecule has 0 aliphatic carbocycles. The summed E-state index contributed by atoms with van der Waals surface area (Å²) in [6.45, 7) is 3.50. The van der Waals surface area contributed by atoms with Crippen LogP contribution in [0.5, 0.6) is 0 Å². The first-order valence-corrected chi connectivity index (χ1v) is 9.48. The van der Waals surface area contributed by atoms with Crippen molar-refractivity contribution in [3.63, 3.8) is 0 Å². The van der Waals surface area contributed by atoms with Crippen molar-refractivity contribution in [2.45, 2.75) is 25.3 Å². The van der Waals surface area contributed by atoms with E-state index in [1.54, 1.807) is 16.9 Å². The summed E-state index contributed by atoms with van der Waals surface area (Å²) in [5.41, 5.74) is 3.41. The molecule has 0 aromatic carbocycles. The number of nitrogens with one attached hydrogen (secondary N) is 2. The number of nitrogens with zero attached hydrogens (tertiary/aromatic N) is 8. The fraction of sp³-hybridized carbons (Fsp3) is 0.316. The van der Waals surface area contributed by atoms with Crippen LogP contribution in [0.2, 0.25) is 0 Å². The molecule has 1 fully saturated rings. The maximum Gasteiger partial charge on any atom is 0.247 e. The van der Waals surface area contributed by atoms with Crippen LogP contribution in [0.3, 0.4) is 0 Å². The summed E-state index contributed by atoms with van der Waals surface area (Å²) in [6, 6.07) is 6.32. The van der Waals surface area contributed by atoms with E-state index in [9.17, 15) is 5.26 Å². The van der Waals surface area contributed by atoms with Crippen LogP contribution in [0, 0.1) is 11.3 Å². The Labute approximate surface area is 166 Å². The van der Waals surface area contributed by atoms with Crippen LogP contribution >= 0.6 is 0 Å². The highest BCUT2D eigenvalue weighted by Crippen LogP contribution is 2.37. The van der Waals surface area contributed by atoms with Gasteiger partial charge in [-0.2, -0.15) is 20.4 Å². The number of H-pyrrole nitrogens is 1. The van der Waals surface area contributed by atoms with E-state index in [-0.39, 0.29) is 5.54 Å². The highest BCUT2D eigenvalue weighted by molar-refractivity contribution is 5.72. The first kappa shape index (κ1) is 17.2. The molecule has 0 amide bonds. The van der Waals surface area contributed by atoms with Gasteiger partial charge in [-0.1, -0.05) is 6.92 Å². The maximum absolute atomic E-state index is 9.39. The summed E-state index contributed by atoms with van der Waals surface area (Å²) in [5.74, 6) is 0.502. The Hall–Kier alpha value is -3.87. The molecular formula is C19H20N10. The Kier molecular flexibility index (Phi) is 3.94. The Morgan fingerprint density at radius 1 is 1.34 bits per heavy atom. The second-order valence-corrected chi connectivity index (χ2v) is 7.27. The van der Waals surface area contributed by atoms with E-state index in [4.69, 9.17) is 0 Å². The van der Waals surface area contributed by atoms with Crippen molar-refractivity contribution in [1.29, 1.82) is 5.26 Å². The van der Waals surface area contributed by atoms with E-state index in [1.165, 1.54) is 5.56 Å². The molecule has 0 radical (unpaired) electrons. The first-order chi connectivity index (χ1) is 14.2. The zero-order valence-electron chi connectivity index (χ0n) is 15.9. The van der Waals surface area contributed by atoms with Crippen LogP contribution in [0.25, 0.3) is 5.65 Å². The molecule has 2 N–H and O–H groups in total.